The highest BCUT2D eigenvalue weighted by molar-refractivity contribution is 9.10. The van der Waals surface area contributed by atoms with Gasteiger partial charge in [0.2, 0.25) is 10.0 Å². The van der Waals surface area contributed by atoms with E-state index >= 15 is 0 Å². The third-order valence-electron chi connectivity index (χ3n) is 2.13. The summed E-state index contributed by atoms with van der Waals surface area (Å²) in [7, 11) is -3.96. The van der Waals surface area contributed by atoms with E-state index in [4.69, 9.17) is 17.3 Å². The molecule has 0 aromatic heterocycles. The SMILES string of the molecule is CC(C)CNS(=O)(=O)c1cc(Cl)c(Br)c(N)c1F. The summed E-state index contributed by atoms with van der Waals surface area (Å²) in [5, 5.41) is 0.0406. The van der Waals surface area contributed by atoms with E-state index < -0.39 is 20.7 Å². The lowest BCUT2D eigenvalue weighted by Gasteiger charge is -2.12. The second-order valence-electron chi connectivity index (χ2n) is 4.14. The van der Waals surface area contributed by atoms with Gasteiger partial charge in [0.25, 0.3) is 0 Å². The Kier molecular flexibility index (Phi) is 4.99. The molecule has 0 atom stereocenters. The van der Waals surface area contributed by atoms with Crippen molar-refractivity contribution in [1.29, 1.82) is 0 Å². The summed E-state index contributed by atoms with van der Waals surface area (Å²) >= 11 is 8.75. The van der Waals surface area contributed by atoms with E-state index in [1.54, 1.807) is 0 Å². The van der Waals surface area contributed by atoms with Crippen molar-refractivity contribution in [1.82, 2.24) is 4.72 Å². The second-order valence-corrected chi connectivity index (χ2v) is 7.08. The Morgan fingerprint density at radius 3 is 2.61 bits per heavy atom. The highest BCUT2D eigenvalue weighted by Gasteiger charge is 2.24. The van der Waals surface area contributed by atoms with Crippen molar-refractivity contribution in [2.75, 3.05) is 12.3 Å². The molecule has 102 valence electrons. The Bertz CT molecular complexity index is 563. The third-order valence-corrected chi connectivity index (χ3v) is 4.93. The first kappa shape index (κ1) is 15.7. The van der Waals surface area contributed by atoms with E-state index in [-0.39, 0.29) is 27.6 Å². The first-order chi connectivity index (χ1) is 8.16. The molecule has 1 aromatic carbocycles. The average Bonchev–Trinajstić information content (AvgIpc) is 2.28. The van der Waals surface area contributed by atoms with E-state index in [2.05, 4.69) is 20.7 Å². The number of nitrogens with one attached hydrogen (secondary N) is 1. The first-order valence-corrected chi connectivity index (χ1v) is 7.75. The van der Waals surface area contributed by atoms with Gasteiger partial charge in [-0.05, 0) is 27.9 Å². The smallest absolute Gasteiger partial charge is 0.243 e. The molecule has 0 spiro atoms. The van der Waals surface area contributed by atoms with Crippen LogP contribution in [0, 0.1) is 11.7 Å². The van der Waals surface area contributed by atoms with Crippen LogP contribution in [-0.4, -0.2) is 15.0 Å². The topological polar surface area (TPSA) is 72.2 Å². The zero-order valence-electron chi connectivity index (χ0n) is 9.80. The number of benzene rings is 1. The molecule has 0 fully saturated rings. The number of nitrogen functional groups attached to an aromatic ring is 1. The fourth-order valence-corrected chi connectivity index (χ4v) is 3.04. The van der Waals surface area contributed by atoms with Crippen LogP contribution in [0.15, 0.2) is 15.4 Å². The fourth-order valence-electron chi connectivity index (χ4n) is 1.15. The first-order valence-electron chi connectivity index (χ1n) is 5.09. The summed E-state index contributed by atoms with van der Waals surface area (Å²) in [5.74, 6) is -0.909. The minimum atomic E-state index is -3.96. The van der Waals surface area contributed by atoms with Crippen molar-refractivity contribution in [3.63, 3.8) is 0 Å². The van der Waals surface area contributed by atoms with Crippen molar-refractivity contribution in [3.05, 3.63) is 21.4 Å². The Labute approximate surface area is 119 Å². The van der Waals surface area contributed by atoms with E-state index in [9.17, 15) is 12.8 Å². The summed E-state index contributed by atoms with van der Waals surface area (Å²) in [6, 6.07) is 1.03. The van der Waals surface area contributed by atoms with Gasteiger partial charge in [-0.15, -0.1) is 0 Å². The van der Waals surface area contributed by atoms with Crippen LogP contribution in [-0.2, 0) is 10.0 Å². The molecule has 0 saturated carbocycles. The molecular weight excluding hydrogens is 347 g/mol. The minimum Gasteiger partial charge on any atom is -0.395 e. The van der Waals surface area contributed by atoms with Gasteiger partial charge in [-0.25, -0.2) is 17.5 Å². The molecule has 0 radical (unpaired) electrons. The lowest BCUT2D eigenvalue weighted by molar-refractivity contribution is 0.544. The number of hydrogen-bond donors (Lipinski definition) is 2. The number of anilines is 1. The molecule has 0 aliphatic rings. The van der Waals surface area contributed by atoms with Gasteiger partial charge in [0.15, 0.2) is 5.82 Å². The number of hydrogen-bond acceptors (Lipinski definition) is 3. The maximum absolute atomic E-state index is 13.8. The quantitative estimate of drug-likeness (QED) is 0.641. The molecule has 18 heavy (non-hydrogen) atoms. The standard InChI is InChI=1S/C10H13BrClFN2O2S/c1-5(2)4-15-18(16,17)7-3-6(12)8(11)10(14)9(7)13/h3,5,15H,4,14H2,1-2H3. The molecule has 1 aromatic rings. The summed E-state index contributed by atoms with van der Waals surface area (Å²) in [6.45, 7) is 3.87. The van der Waals surface area contributed by atoms with Crippen LogP contribution >= 0.6 is 27.5 Å². The van der Waals surface area contributed by atoms with Crippen molar-refractivity contribution < 1.29 is 12.8 Å². The molecule has 3 N–H and O–H groups in total. The number of sulfonamides is 1. The van der Waals surface area contributed by atoms with Crippen LogP contribution in [0.2, 0.25) is 5.02 Å². The Hall–Kier alpha value is -0.370. The van der Waals surface area contributed by atoms with Crippen molar-refractivity contribution in [3.8, 4) is 0 Å². The molecule has 0 aliphatic heterocycles. The lowest BCUT2D eigenvalue weighted by Crippen LogP contribution is -2.28. The average molecular weight is 360 g/mol. The van der Waals surface area contributed by atoms with Crippen LogP contribution in [0.4, 0.5) is 10.1 Å². The molecule has 1 rings (SSSR count). The predicted molar refractivity (Wildman–Crippen MR) is 73.5 cm³/mol. The predicted octanol–water partition coefficient (Wildman–Crippen LogP) is 2.76. The van der Waals surface area contributed by atoms with Gasteiger partial charge in [0.05, 0.1) is 15.2 Å². The lowest BCUT2D eigenvalue weighted by atomic mass is 10.2. The van der Waals surface area contributed by atoms with E-state index in [1.165, 1.54) is 0 Å². The van der Waals surface area contributed by atoms with Crippen LogP contribution in [0.25, 0.3) is 0 Å². The highest BCUT2D eigenvalue weighted by Crippen LogP contribution is 2.34. The third kappa shape index (κ3) is 3.34. The van der Waals surface area contributed by atoms with Crippen LogP contribution < -0.4 is 10.5 Å². The molecule has 0 heterocycles. The monoisotopic (exact) mass is 358 g/mol. The van der Waals surface area contributed by atoms with Gasteiger partial charge in [-0.3, -0.25) is 0 Å². The molecule has 0 saturated heterocycles. The number of rotatable bonds is 4. The second kappa shape index (κ2) is 5.73. The van der Waals surface area contributed by atoms with Gasteiger partial charge in [-0.1, -0.05) is 25.4 Å². The molecule has 0 amide bonds. The summed E-state index contributed by atoms with van der Waals surface area (Å²) in [5.41, 5.74) is 5.11. The van der Waals surface area contributed by atoms with Crippen molar-refractivity contribution in [2.45, 2.75) is 18.7 Å². The maximum atomic E-state index is 13.8. The van der Waals surface area contributed by atoms with Crippen LogP contribution in [0.5, 0.6) is 0 Å². The van der Waals surface area contributed by atoms with Crippen LogP contribution in [0.1, 0.15) is 13.8 Å². The Morgan fingerprint density at radius 2 is 2.11 bits per heavy atom. The maximum Gasteiger partial charge on any atom is 0.243 e. The highest BCUT2D eigenvalue weighted by atomic mass is 79.9. The summed E-state index contributed by atoms with van der Waals surface area (Å²) in [6.07, 6.45) is 0. The molecule has 8 heteroatoms. The van der Waals surface area contributed by atoms with E-state index in [0.29, 0.717) is 0 Å². The summed E-state index contributed by atoms with van der Waals surface area (Å²) in [4.78, 5) is -0.547. The molecule has 0 bridgehead atoms. The zero-order valence-corrected chi connectivity index (χ0v) is 13.0. The molecule has 0 unspecified atom stereocenters. The molecule has 0 aliphatic carbocycles. The van der Waals surface area contributed by atoms with E-state index in [1.807, 2.05) is 13.8 Å². The summed E-state index contributed by atoms with van der Waals surface area (Å²) < 4.78 is 40.1. The van der Waals surface area contributed by atoms with Gasteiger partial charge in [0.1, 0.15) is 4.90 Å². The minimum absolute atomic E-state index is 0.0406. The zero-order chi connectivity index (χ0) is 14.1. The molecular formula is C10H13BrClFN2O2S. The van der Waals surface area contributed by atoms with Gasteiger partial charge in [-0.2, -0.15) is 0 Å². The van der Waals surface area contributed by atoms with E-state index in [0.717, 1.165) is 6.07 Å². The number of halogens is 3. The van der Waals surface area contributed by atoms with Crippen molar-refractivity contribution in [2.24, 2.45) is 5.92 Å². The Balaban J connectivity index is 3.25. The van der Waals surface area contributed by atoms with Gasteiger partial charge < -0.3 is 5.73 Å². The van der Waals surface area contributed by atoms with Gasteiger partial charge in [0, 0.05) is 6.54 Å². The van der Waals surface area contributed by atoms with Crippen molar-refractivity contribution >= 4 is 43.2 Å². The Morgan fingerprint density at radius 1 is 1.56 bits per heavy atom. The number of nitrogens with two attached hydrogens (primary N) is 1. The van der Waals surface area contributed by atoms with Gasteiger partial charge >= 0.3 is 0 Å². The largest absolute Gasteiger partial charge is 0.395 e. The van der Waals surface area contributed by atoms with Crippen LogP contribution in [0.3, 0.4) is 0 Å². The molecule has 4 nitrogen and oxygen atoms in total. The normalized spacial score (nSPS) is 12.1. The fraction of sp³-hybridized carbons (Fsp3) is 0.400.